The van der Waals surface area contributed by atoms with Crippen molar-refractivity contribution in [2.45, 2.75) is 19.8 Å². The molecule has 1 heterocycles. The molecule has 0 amide bonds. The summed E-state index contributed by atoms with van der Waals surface area (Å²) in [4.78, 5) is 12.3. The maximum absolute atomic E-state index is 12.3. The van der Waals surface area contributed by atoms with Crippen LogP contribution in [0, 0.1) is 12.8 Å². The summed E-state index contributed by atoms with van der Waals surface area (Å²) in [7, 11) is 1.63. The molecule has 0 unspecified atom stereocenters. The summed E-state index contributed by atoms with van der Waals surface area (Å²) in [6, 6.07) is 5.62. The fourth-order valence-corrected chi connectivity index (χ4v) is 2.22. The van der Waals surface area contributed by atoms with Crippen LogP contribution in [0.4, 0.5) is 0 Å². The van der Waals surface area contributed by atoms with Crippen LogP contribution in [0.15, 0.2) is 18.2 Å². The first kappa shape index (κ1) is 12.1. The van der Waals surface area contributed by atoms with Crippen LogP contribution in [0.3, 0.4) is 0 Å². The average molecular weight is 234 g/mol. The van der Waals surface area contributed by atoms with Crippen molar-refractivity contribution in [3.8, 4) is 5.75 Å². The molecule has 1 fully saturated rings. The average Bonchev–Trinajstić information content (AvgIpc) is 2.39. The number of rotatable bonds is 3. The minimum Gasteiger partial charge on any atom is -0.497 e. The lowest BCUT2D eigenvalue weighted by Gasteiger charge is -2.21. The van der Waals surface area contributed by atoms with Crippen molar-refractivity contribution in [2.75, 3.05) is 20.3 Å². The van der Waals surface area contributed by atoms with Crippen molar-refractivity contribution in [1.29, 1.82) is 0 Å². The van der Waals surface area contributed by atoms with Gasteiger partial charge in [-0.15, -0.1) is 0 Å². The molecule has 0 spiro atoms. The van der Waals surface area contributed by atoms with Crippen LogP contribution in [-0.2, 0) is 4.74 Å². The number of aryl methyl sites for hydroxylation is 1. The lowest BCUT2D eigenvalue weighted by atomic mass is 9.89. The van der Waals surface area contributed by atoms with Crippen LogP contribution in [0.1, 0.15) is 28.8 Å². The first-order valence-electron chi connectivity index (χ1n) is 5.99. The number of ether oxygens (including phenoxy) is 2. The lowest BCUT2D eigenvalue weighted by molar-refractivity contribution is 0.0544. The molecule has 1 saturated heterocycles. The highest BCUT2D eigenvalue weighted by Crippen LogP contribution is 2.24. The molecular formula is C14H18O3. The highest BCUT2D eigenvalue weighted by molar-refractivity contribution is 5.99. The summed E-state index contributed by atoms with van der Waals surface area (Å²) < 4.78 is 10.4. The van der Waals surface area contributed by atoms with Gasteiger partial charge in [-0.2, -0.15) is 0 Å². The summed E-state index contributed by atoms with van der Waals surface area (Å²) in [5.74, 6) is 1.16. The van der Waals surface area contributed by atoms with Crippen LogP contribution in [0.25, 0.3) is 0 Å². The van der Waals surface area contributed by atoms with E-state index in [9.17, 15) is 4.79 Å². The van der Waals surface area contributed by atoms with E-state index in [0.717, 1.165) is 29.7 Å². The Labute approximate surface area is 102 Å². The molecule has 0 aliphatic carbocycles. The molecule has 0 aromatic heterocycles. The second-order valence-electron chi connectivity index (χ2n) is 4.43. The highest BCUT2D eigenvalue weighted by atomic mass is 16.5. The van der Waals surface area contributed by atoms with Gasteiger partial charge in [-0.1, -0.05) is 0 Å². The molecule has 1 aliphatic heterocycles. The first-order chi connectivity index (χ1) is 8.22. The predicted octanol–water partition coefficient (Wildman–Crippen LogP) is 2.61. The summed E-state index contributed by atoms with van der Waals surface area (Å²) in [5.41, 5.74) is 1.80. The Kier molecular flexibility index (Phi) is 3.79. The maximum Gasteiger partial charge on any atom is 0.166 e. The lowest BCUT2D eigenvalue weighted by Crippen LogP contribution is -2.24. The van der Waals surface area contributed by atoms with E-state index in [1.165, 1.54) is 0 Å². The Balaban J connectivity index is 2.18. The maximum atomic E-state index is 12.3. The fourth-order valence-electron chi connectivity index (χ4n) is 2.22. The highest BCUT2D eigenvalue weighted by Gasteiger charge is 2.23. The molecule has 0 N–H and O–H groups in total. The Hall–Kier alpha value is -1.35. The van der Waals surface area contributed by atoms with Crippen LogP contribution in [0.5, 0.6) is 5.75 Å². The van der Waals surface area contributed by atoms with E-state index in [4.69, 9.17) is 9.47 Å². The number of ketones is 1. The van der Waals surface area contributed by atoms with E-state index >= 15 is 0 Å². The van der Waals surface area contributed by atoms with Gasteiger partial charge in [-0.3, -0.25) is 4.79 Å². The summed E-state index contributed by atoms with van der Waals surface area (Å²) in [5, 5.41) is 0. The Morgan fingerprint density at radius 2 is 2.06 bits per heavy atom. The number of carbonyl (C=O) groups excluding carboxylic acids is 1. The zero-order valence-electron chi connectivity index (χ0n) is 10.4. The molecular weight excluding hydrogens is 216 g/mol. The van der Waals surface area contributed by atoms with E-state index in [2.05, 4.69) is 0 Å². The molecule has 0 radical (unpaired) electrons. The molecule has 0 bridgehead atoms. The molecule has 1 aliphatic rings. The number of benzene rings is 1. The Morgan fingerprint density at radius 1 is 1.35 bits per heavy atom. The van der Waals surface area contributed by atoms with Gasteiger partial charge < -0.3 is 9.47 Å². The number of methoxy groups -OCH3 is 1. The van der Waals surface area contributed by atoms with Crippen LogP contribution < -0.4 is 4.74 Å². The monoisotopic (exact) mass is 234 g/mol. The normalized spacial score (nSPS) is 16.8. The largest absolute Gasteiger partial charge is 0.497 e. The quantitative estimate of drug-likeness (QED) is 0.754. The van der Waals surface area contributed by atoms with Gasteiger partial charge in [0.1, 0.15) is 5.75 Å². The first-order valence-corrected chi connectivity index (χ1v) is 5.99. The minimum atomic E-state index is 0.121. The molecule has 3 heteroatoms. The van der Waals surface area contributed by atoms with Crippen molar-refractivity contribution in [3.05, 3.63) is 29.3 Å². The van der Waals surface area contributed by atoms with E-state index < -0.39 is 0 Å². The van der Waals surface area contributed by atoms with Crippen molar-refractivity contribution in [2.24, 2.45) is 5.92 Å². The van der Waals surface area contributed by atoms with Gasteiger partial charge in [0.15, 0.2) is 5.78 Å². The number of hydrogen-bond donors (Lipinski definition) is 0. The number of carbonyl (C=O) groups is 1. The van der Waals surface area contributed by atoms with E-state index in [-0.39, 0.29) is 11.7 Å². The topological polar surface area (TPSA) is 35.5 Å². The molecule has 3 nitrogen and oxygen atoms in total. The molecule has 92 valence electrons. The van der Waals surface area contributed by atoms with Crippen LogP contribution >= 0.6 is 0 Å². The van der Waals surface area contributed by atoms with Gasteiger partial charge >= 0.3 is 0 Å². The summed E-state index contributed by atoms with van der Waals surface area (Å²) in [6.45, 7) is 3.35. The van der Waals surface area contributed by atoms with Crippen LogP contribution in [-0.4, -0.2) is 26.1 Å². The third kappa shape index (κ3) is 2.67. The SMILES string of the molecule is COc1ccc(C(=O)C2CCOCC2)c(C)c1. The van der Waals surface area contributed by atoms with Crippen molar-refractivity contribution < 1.29 is 14.3 Å². The van der Waals surface area contributed by atoms with Gasteiger partial charge in [0.25, 0.3) is 0 Å². The predicted molar refractivity (Wildman–Crippen MR) is 65.6 cm³/mol. The molecule has 1 aromatic rings. The van der Waals surface area contributed by atoms with Crippen molar-refractivity contribution in [1.82, 2.24) is 0 Å². The molecule has 2 rings (SSSR count). The van der Waals surface area contributed by atoms with Gasteiger partial charge in [0.05, 0.1) is 7.11 Å². The zero-order valence-corrected chi connectivity index (χ0v) is 10.4. The number of hydrogen-bond acceptors (Lipinski definition) is 3. The molecule has 1 aromatic carbocycles. The van der Waals surface area contributed by atoms with Gasteiger partial charge in [0, 0.05) is 24.7 Å². The van der Waals surface area contributed by atoms with Crippen LogP contribution in [0.2, 0.25) is 0 Å². The van der Waals surface area contributed by atoms with Gasteiger partial charge in [-0.25, -0.2) is 0 Å². The van der Waals surface area contributed by atoms with E-state index in [1.54, 1.807) is 7.11 Å². The second kappa shape index (κ2) is 5.32. The smallest absolute Gasteiger partial charge is 0.166 e. The van der Waals surface area contributed by atoms with E-state index in [0.29, 0.717) is 13.2 Å². The van der Waals surface area contributed by atoms with Gasteiger partial charge in [0.2, 0.25) is 0 Å². The molecule has 0 saturated carbocycles. The second-order valence-corrected chi connectivity index (χ2v) is 4.43. The van der Waals surface area contributed by atoms with Gasteiger partial charge in [-0.05, 0) is 43.5 Å². The molecule has 0 atom stereocenters. The zero-order chi connectivity index (χ0) is 12.3. The fraction of sp³-hybridized carbons (Fsp3) is 0.500. The van der Waals surface area contributed by atoms with Crippen molar-refractivity contribution in [3.63, 3.8) is 0 Å². The van der Waals surface area contributed by atoms with Crippen molar-refractivity contribution >= 4 is 5.78 Å². The Bertz CT molecular complexity index is 406. The third-order valence-electron chi connectivity index (χ3n) is 3.29. The Morgan fingerprint density at radius 3 is 2.65 bits per heavy atom. The third-order valence-corrected chi connectivity index (χ3v) is 3.29. The summed E-state index contributed by atoms with van der Waals surface area (Å²) >= 11 is 0. The molecule has 17 heavy (non-hydrogen) atoms. The standard InChI is InChI=1S/C14H18O3/c1-10-9-12(16-2)3-4-13(10)14(15)11-5-7-17-8-6-11/h3-4,9,11H,5-8H2,1-2H3. The minimum absolute atomic E-state index is 0.121. The summed E-state index contributed by atoms with van der Waals surface area (Å²) in [6.07, 6.45) is 1.68. The number of Topliss-reactive ketones (excluding diaryl/α,β-unsaturated/α-hetero) is 1. The van der Waals surface area contributed by atoms with E-state index in [1.807, 2.05) is 25.1 Å².